The molecule has 0 bridgehead atoms. The Balaban J connectivity index is 1.61. The van der Waals surface area contributed by atoms with Crippen LogP contribution in [0.3, 0.4) is 0 Å². The molecular formula is C21H22N2O4S. The maximum Gasteiger partial charge on any atom is 0.251 e. The van der Waals surface area contributed by atoms with Gasteiger partial charge in [-0.3, -0.25) is 4.79 Å². The Morgan fingerprint density at radius 1 is 1.11 bits per heavy atom. The van der Waals surface area contributed by atoms with Gasteiger partial charge in [0.15, 0.2) is 0 Å². The van der Waals surface area contributed by atoms with E-state index < -0.39 is 0 Å². The van der Waals surface area contributed by atoms with Crippen molar-refractivity contribution in [3.8, 4) is 17.2 Å². The first-order valence-corrected chi connectivity index (χ1v) is 9.60. The highest BCUT2D eigenvalue weighted by Gasteiger charge is 2.10. The molecule has 3 rings (SSSR count). The molecule has 0 saturated carbocycles. The number of benzene rings is 2. The summed E-state index contributed by atoms with van der Waals surface area (Å²) in [5.74, 6) is 1.80. The number of nitrogens with one attached hydrogen (secondary N) is 1. The number of hydrogen-bond donors (Lipinski definition) is 1. The van der Waals surface area contributed by atoms with Crippen LogP contribution in [0.15, 0.2) is 47.8 Å². The first kappa shape index (κ1) is 19.7. The van der Waals surface area contributed by atoms with E-state index in [-0.39, 0.29) is 5.91 Å². The van der Waals surface area contributed by atoms with E-state index in [4.69, 9.17) is 14.2 Å². The Morgan fingerprint density at radius 3 is 2.68 bits per heavy atom. The summed E-state index contributed by atoms with van der Waals surface area (Å²) in [7, 11) is 3.19. The zero-order valence-corrected chi connectivity index (χ0v) is 16.8. The Hall–Kier alpha value is -3.06. The second kappa shape index (κ2) is 9.23. The summed E-state index contributed by atoms with van der Waals surface area (Å²) in [5.41, 5.74) is 2.27. The molecule has 28 heavy (non-hydrogen) atoms. The Morgan fingerprint density at radius 2 is 1.96 bits per heavy atom. The zero-order valence-electron chi connectivity index (χ0n) is 16.0. The van der Waals surface area contributed by atoms with Gasteiger partial charge in [0.2, 0.25) is 0 Å². The van der Waals surface area contributed by atoms with Crippen LogP contribution in [-0.4, -0.2) is 25.1 Å². The smallest absolute Gasteiger partial charge is 0.251 e. The van der Waals surface area contributed by atoms with E-state index in [0.717, 1.165) is 16.3 Å². The molecule has 6 nitrogen and oxygen atoms in total. The predicted octanol–water partition coefficient (Wildman–Crippen LogP) is 3.98. The van der Waals surface area contributed by atoms with E-state index in [1.165, 1.54) is 0 Å². The number of hydrogen-bond acceptors (Lipinski definition) is 6. The number of ether oxygens (including phenoxy) is 3. The lowest BCUT2D eigenvalue weighted by Crippen LogP contribution is -2.23. The predicted molar refractivity (Wildman–Crippen MR) is 108 cm³/mol. The van der Waals surface area contributed by atoms with Crippen LogP contribution >= 0.6 is 11.3 Å². The van der Waals surface area contributed by atoms with Crippen LogP contribution in [0.5, 0.6) is 17.2 Å². The lowest BCUT2D eigenvalue weighted by Gasteiger charge is -2.12. The fourth-order valence-corrected chi connectivity index (χ4v) is 3.23. The van der Waals surface area contributed by atoms with Crippen LogP contribution in [-0.2, 0) is 13.2 Å². The van der Waals surface area contributed by atoms with E-state index in [1.807, 2.05) is 30.5 Å². The van der Waals surface area contributed by atoms with Gasteiger partial charge in [-0.05, 0) is 37.3 Å². The van der Waals surface area contributed by atoms with Gasteiger partial charge in [0.1, 0.15) is 23.9 Å². The van der Waals surface area contributed by atoms with Gasteiger partial charge >= 0.3 is 0 Å². The van der Waals surface area contributed by atoms with Gasteiger partial charge < -0.3 is 19.5 Å². The summed E-state index contributed by atoms with van der Waals surface area (Å²) >= 11 is 1.58. The number of aromatic nitrogens is 1. The third-order valence-corrected chi connectivity index (χ3v) is 4.91. The van der Waals surface area contributed by atoms with Gasteiger partial charge in [-0.2, -0.15) is 0 Å². The highest BCUT2D eigenvalue weighted by Crippen LogP contribution is 2.24. The van der Waals surface area contributed by atoms with Gasteiger partial charge in [-0.15, -0.1) is 11.3 Å². The van der Waals surface area contributed by atoms with Gasteiger partial charge in [0.25, 0.3) is 5.91 Å². The molecule has 0 fully saturated rings. The van der Waals surface area contributed by atoms with Crippen LogP contribution in [0.4, 0.5) is 0 Å². The number of methoxy groups -OCH3 is 2. The van der Waals surface area contributed by atoms with Crippen molar-refractivity contribution >= 4 is 17.2 Å². The summed E-state index contributed by atoms with van der Waals surface area (Å²) in [6.07, 6.45) is 0. The number of aryl methyl sites for hydroxylation is 1. The molecule has 1 N–H and O–H groups in total. The number of amides is 1. The van der Waals surface area contributed by atoms with E-state index in [1.54, 1.807) is 49.8 Å². The monoisotopic (exact) mass is 398 g/mol. The van der Waals surface area contributed by atoms with Crippen LogP contribution in [0.2, 0.25) is 0 Å². The van der Waals surface area contributed by atoms with Crippen molar-refractivity contribution in [3.05, 3.63) is 69.7 Å². The molecule has 0 unspecified atom stereocenters. The zero-order chi connectivity index (χ0) is 19.9. The summed E-state index contributed by atoms with van der Waals surface area (Å²) < 4.78 is 16.3. The maximum absolute atomic E-state index is 12.5. The second-order valence-corrected chi connectivity index (χ2v) is 7.10. The molecule has 0 spiro atoms. The average Bonchev–Trinajstić information content (AvgIpc) is 3.15. The Kier molecular flexibility index (Phi) is 6.49. The summed E-state index contributed by atoms with van der Waals surface area (Å²) in [6, 6.07) is 12.6. The van der Waals surface area contributed by atoms with E-state index >= 15 is 0 Å². The molecule has 146 valence electrons. The lowest BCUT2D eigenvalue weighted by atomic mass is 10.1. The van der Waals surface area contributed by atoms with Gasteiger partial charge in [-0.1, -0.05) is 6.07 Å². The highest BCUT2D eigenvalue weighted by molar-refractivity contribution is 7.09. The number of carbonyl (C=O) groups is 1. The van der Waals surface area contributed by atoms with Crippen molar-refractivity contribution in [1.29, 1.82) is 0 Å². The molecule has 0 aliphatic heterocycles. The minimum atomic E-state index is -0.187. The maximum atomic E-state index is 12.5. The molecule has 0 saturated heterocycles. The molecule has 0 aliphatic carbocycles. The third kappa shape index (κ3) is 5.01. The average molecular weight is 398 g/mol. The molecule has 1 amide bonds. The molecule has 1 aromatic heterocycles. The van der Waals surface area contributed by atoms with E-state index in [2.05, 4.69) is 10.3 Å². The quantitative estimate of drug-likeness (QED) is 0.622. The van der Waals surface area contributed by atoms with Crippen molar-refractivity contribution in [2.75, 3.05) is 14.2 Å². The van der Waals surface area contributed by atoms with Gasteiger partial charge in [0.05, 0.1) is 24.9 Å². The fourth-order valence-electron chi connectivity index (χ4n) is 2.63. The number of rotatable bonds is 8. The largest absolute Gasteiger partial charge is 0.497 e. The fraction of sp³-hybridized carbons (Fsp3) is 0.238. The topological polar surface area (TPSA) is 69.7 Å². The van der Waals surface area contributed by atoms with E-state index in [9.17, 15) is 4.79 Å². The molecule has 0 atom stereocenters. The van der Waals surface area contributed by atoms with Crippen molar-refractivity contribution in [2.45, 2.75) is 20.1 Å². The minimum Gasteiger partial charge on any atom is -0.497 e. The van der Waals surface area contributed by atoms with Crippen LogP contribution in [0.1, 0.15) is 26.6 Å². The first-order chi connectivity index (χ1) is 13.6. The van der Waals surface area contributed by atoms with Crippen LogP contribution in [0.25, 0.3) is 0 Å². The van der Waals surface area contributed by atoms with Crippen LogP contribution < -0.4 is 19.5 Å². The number of thiazole rings is 1. The minimum absolute atomic E-state index is 0.187. The van der Waals surface area contributed by atoms with Crippen molar-refractivity contribution in [3.63, 3.8) is 0 Å². The number of carbonyl (C=O) groups excluding carboxylic acids is 1. The van der Waals surface area contributed by atoms with Gasteiger partial charge in [-0.25, -0.2) is 4.98 Å². The van der Waals surface area contributed by atoms with Gasteiger partial charge in [0, 0.05) is 29.1 Å². The lowest BCUT2D eigenvalue weighted by molar-refractivity contribution is 0.0950. The standard InChI is InChI=1S/C21H22N2O4S/c1-14-23-17(13-28-14)12-27-19-6-4-5-15(9-19)21(24)22-11-16-7-8-18(25-2)10-20(16)26-3/h4-10,13H,11-12H2,1-3H3,(H,22,24). The van der Waals surface area contributed by atoms with Crippen molar-refractivity contribution in [2.24, 2.45) is 0 Å². The molecular weight excluding hydrogens is 376 g/mol. The molecule has 3 aromatic rings. The number of nitrogens with zero attached hydrogens (tertiary/aromatic N) is 1. The van der Waals surface area contributed by atoms with E-state index in [0.29, 0.717) is 36.0 Å². The second-order valence-electron chi connectivity index (χ2n) is 6.03. The van der Waals surface area contributed by atoms with Crippen LogP contribution in [0, 0.1) is 6.92 Å². The molecule has 2 aromatic carbocycles. The summed E-state index contributed by atoms with van der Waals surface area (Å²) in [5, 5.41) is 5.87. The molecule has 0 radical (unpaired) electrons. The highest BCUT2D eigenvalue weighted by atomic mass is 32.1. The van der Waals surface area contributed by atoms with Crippen molar-refractivity contribution in [1.82, 2.24) is 10.3 Å². The molecule has 0 aliphatic rings. The first-order valence-electron chi connectivity index (χ1n) is 8.72. The SMILES string of the molecule is COc1ccc(CNC(=O)c2cccc(OCc3csc(C)n3)c2)c(OC)c1. The third-order valence-electron chi connectivity index (χ3n) is 4.08. The molecule has 7 heteroatoms. The summed E-state index contributed by atoms with van der Waals surface area (Å²) in [6.45, 7) is 2.67. The van der Waals surface area contributed by atoms with Crippen molar-refractivity contribution < 1.29 is 19.0 Å². The molecule has 1 heterocycles. The normalized spacial score (nSPS) is 10.4. The Bertz CT molecular complexity index is 955. The summed E-state index contributed by atoms with van der Waals surface area (Å²) in [4.78, 5) is 16.9. The Labute approximate surface area is 168 Å².